The van der Waals surface area contributed by atoms with E-state index in [1.807, 2.05) is 0 Å². The van der Waals surface area contributed by atoms with Crippen LogP contribution in [0.15, 0.2) is 0 Å². The molecule has 0 bridgehead atoms. The molecule has 0 fully saturated rings. The number of rotatable bonds is 0. The van der Waals surface area contributed by atoms with Crippen LogP contribution in [-0.4, -0.2) is 17.5 Å². The maximum atomic E-state index is 8.74. The van der Waals surface area contributed by atoms with Crippen molar-refractivity contribution < 1.29 is 56.7 Å². The average molecular weight is 271 g/mol. The van der Waals surface area contributed by atoms with E-state index in [1.165, 1.54) is 0 Å². The molecule has 0 unspecified atom stereocenters. The van der Waals surface area contributed by atoms with Crippen LogP contribution >= 0.6 is 0 Å². The molecule has 46 valence electrons. The van der Waals surface area contributed by atoms with Crippen LogP contribution in [0.1, 0.15) is 0 Å². The fourth-order valence-corrected chi connectivity index (χ4v) is 0. The third-order valence-corrected chi connectivity index (χ3v) is 0. The monoisotopic (exact) mass is 272 g/mol. The molecule has 0 heterocycles. The van der Waals surface area contributed by atoms with Gasteiger partial charge in [-0.1, -0.05) is 0 Å². The molecule has 0 aromatic carbocycles. The Morgan fingerprint density at radius 1 is 1.14 bits per heavy atom. The Labute approximate surface area is 66.4 Å². The second kappa shape index (κ2) is 5.14. The van der Waals surface area contributed by atoms with Gasteiger partial charge < -0.3 is 0 Å². The SMILES string of the molecule is O=S(=O)(O)O.[O]=[Gd]. The molecule has 0 aliphatic heterocycles. The van der Waals surface area contributed by atoms with Gasteiger partial charge in [0.15, 0.2) is 0 Å². The van der Waals surface area contributed by atoms with Gasteiger partial charge >= 0.3 is 49.6 Å². The van der Waals surface area contributed by atoms with Crippen LogP contribution in [0.25, 0.3) is 0 Å². The van der Waals surface area contributed by atoms with E-state index in [-0.39, 0.29) is 0 Å². The molecule has 0 aliphatic carbocycles. The molecule has 0 rings (SSSR count). The van der Waals surface area contributed by atoms with E-state index in [9.17, 15) is 0 Å². The van der Waals surface area contributed by atoms with Gasteiger partial charge in [-0.3, -0.25) is 9.11 Å². The van der Waals surface area contributed by atoms with Crippen LogP contribution in [0.3, 0.4) is 0 Å². The summed E-state index contributed by atoms with van der Waals surface area (Å²) in [4.78, 5) is 0. The fourth-order valence-electron chi connectivity index (χ4n) is 0. The number of hydrogen-bond acceptors (Lipinski definition) is 3. The molecule has 2 N–H and O–H groups in total. The van der Waals surface area contributed by atoms with Crippen molar-refractivity contribution in [1.82, 2.24) is 0 Å². The van der Waals surface area contributed by atoms with Crippen LogP contribution in [0.2, 0.25) is 0 Å². The molecule has 7 heteroatoms. The molecule has 0 amide bonds. The molecule has 5 nitrogen and oxygen atoms in total. The minimum atomic E-state index is -4.67. The van der Waals surface area contributed by atoms with Crippen molar-refractivity contribution >= 4 is 10.4 Å². The van der Waals surface area contributed by atoms with Crippen LogP contribution in [0, 0.1) is 38.0 Å². The van der Waals surface area contributed by atoms with E-state index in [0.29, 0.717) is 38.0 Å². The number of hydrogen-bond donors (Lipinski definition) is 2. The Morgan fingerprint density at radius 2 is 1.14 bits per heavy atom. The van der Waals surface area contributed by atoms with Crippen molar-refractivity contribution in [3.05, 3.63) is 0 Å². The predicted octanol–water partition coefficient (Wildman–Crippen LogP) is -0.772. The molecule has 0 spiro atoms. The average Bonchev–Trinajstić information content (AvgIpc) is 1.36. The van der Waals surface area contributed by atoms with Crippen LogP contribution in [0.4, 0.5) is 0 Å². The van der Waals surface area contributed by atoms with Gasteiger partial charge in [0.05, 0.1) is 0 Å². The van der Waals surface area contributed by atoms with Gasteiger partial charge in [-0.25, -0.2) is 0 Å². The molecule has 0 aromatic rings. The van der Waals surface area contributed by atoms with E-state index >= 15 is 0 Å². The summed E-state index contributed by atoms with van der Waals surface area (Å²) in [6.45, 7) is 0. The third kappa shape index (κ3) is 176. The zero-order valence-electron chi connectivity index (χ0n) is 2.88. The van der Waals surface area contributed by atoms with Crippen LogP contribution < -0.4 is 0 Å². The first kappa shape index (κ1) is 10.9. The summed E-state index contributed by atoms with van der Waals surface area (Å²) in [5.74, 6) is 0. The summed E-state index contributed by atoms with van der Waals surface area (Å²) in [7, 11) is -4.67. The van der Waals surface area contributed by atoms with E-state index in [4.69, 9.17) is 18.7 Å². The molecule has 0 radical (unpaired) electrons. The van der Waals surface area contributed by atoms with Gasteiger partial charge in [0.2, 0.25) is 0 Å². The van der Waals surface area contributed by atoms with Crippen molar-refractivity contribution in [3.8, 4) is 0 Å². The molecule has 7 heavy (non-hydrogen) atoms. The Morgan fingerprint density at radius 3 is 1.14 bits per heavy atom. The van der Waals surface area contributed by atoms with Crippen molar-refractivity contribution in [2.75, 3.05) is 0 Å². The summed E-state index contributed by atoms with van der Waals surface area (Å²) in [6, 6.07) is 0. The maximum absolute atomic E-state index is 8.74. The zero-order valence-corrected chi connectivity index (χ0v) is 5.97. The molecule has 0 atom stereocenters. The summed E-state index contributed by atoms with van der Waals surface area (Å²) in [5.41, 5.74) is 0. The Hall–Kier alpha value is 0.995. The van der Waals surface area contributed by atoms with Gasteiger partial charge in [0.25, 0.3) is 0 Å². The molecule has 0 aromatic heterocycles. The van der Waals surface area contributed by atoms with E-state index in [2.05, 4.69) is 0 Å². The summed E-state index contributed by atoms with van der Waals surface area (Å²) in [5, 5.41) is 0. The van der Waals surface area contributed by atoms with Crippen LogP contribution in [0.5, 0.6) is 0 Å². The van der Waals surface area contributed by atoms with Crippen molar-refractivity contribution in [2.24, 2.45) is 0 Å². The first-order chi connectivity index (χ1) is 3.00. The van der Waals surface area contributed by atoms with E-state index < -0.39 is 10.4 Å². The Kier molecular flexibility index (Phi) is 7.99. The Balaban J connectivity index is 0. The molecule has 0 saturated carbocycles. The minimum absolute atomic E-state index is 0.611. The fraction of sp³-hybridized carbons (Fsp3) is 0. The quantitative estimate of drug-likeness (QED) is 0.564. The van der Waals surface area contributed by atoms with Crippen molar-refractivity contribution in [2.45, 2.75) is 0 Å². The van der Waals surface area contributed by atoms with Gasteiger partial charge in [-0.15, -0.1) is 0 Å². The second-order valence-electron chi connectivity index (χ2n) is 0.448. The van der Waals surface area contributed by atoms with Gasteiger partial charge in [0, 0.05) is 0 Å². The molecule has 0 saturated heterocycles. The van der Waals surface area contributed by atoms with Gasteiger partial charge in [0.1, 0.15) is 0 Å². The van der Waals surface area contributed by atoms with Crippen LogP contribution in [-0.2, 0) is 11.6 Å². The molecular weight excluding hydrogens is 269 g/mol. The molecule has 0 aliphatic rings. The summed E-state index contributed by atoms with van der Waals surface area (Å²) >= 11 is 0.611. The third-order valence-electron chi connectivity index (χ3n) is 0. The second-order valence-corrected chi connectivity index (χ2v) is 1.34. The first-order valence-corrected chi connectivity index (χ1v) is 3.17. The summed E-state index contributed by atoms with van der Waals surface area (Å²) in [6.07, 6.45) is 0. The zero-order chi connectivity index (χ0) is 6.50. The summed E-state index contributed by atoms with van der Waals surface area (Å²) < 4.78 is 39.9. The predicted molar refractivity (Wildman–Crippen MR) is 14.9 cm³/mol. The van der Waals surface area contributed by atoms with Gasteiger partial charge in [-0.05, 0) is 0 Å². The first-order valence-electron chi connectivity index (χ1n) is 0.843. The Bertz CT molecular complexity index is 102. The molecular formula is H2GdO5S. The van der Waals surface area contributed by atoms with Crippen molar-refractivity contribution in [3.63, 3.8) is 0 Å². The topological polar surface area (TPSA) is 91.7 Å². The van der Waals surface area contributed by atoms with E-state index in [1.54, 1.807) is 0 Å². The van der Waals surface area contributed by atoms with Gasteiger partial charge in [-0.2, -0.15) is 8.42 Å². The van der Waals surface area contributed by atoms with E-state index in [0.717, 1.165) is 0 Å². The van der Waals surface area contributed by atoms with Crippen molar-refractivity contribution in [1.29, 1.82) is 0 Å². The standard InChI is InChI=1S/Gd.H2O4S.O/c;1-5(2,3)4;/h;(H2,1,2,3,4);. The normalized spacial score (nSPS) is 9.00.